The van der Waals surface area contributed by atoms with Crippen LogP contribution in [0.3, 0.4) is 0 Å². The van der Waals surface area contributed by atoms with E-state index in [9.17, 15) is 14.4 Å². The molecule has 234 valence electrons. The van der Waals surface area contributed by atoms with Crippen LogP contribution in [0.25, 0.3) is 21.1 Å². The quantitative estimate of drug-likeness (QED) is 0.139. The third kappa shape index (κ3) is 6.62. The van der Waals surface area contributed by atoms with E-state index in [4.69, 9.17) is 0 Å². The third-order valence-corrected chi connectivity index (χ3v) is 12.7. The van der Waals surface area contributed by atoms with Crippen LogP contribution < -0.4 is 0 Å². The maximum atomic E-state index is 14.6. The molecule has 3 aromatic heterocycles. The number of carbonyl (C=O) groups is 3. The van der Waals surface area contributed by atoms with E-state index < -0.39 is 0 Å². The number of thiophene rings is 3. The Hall–Kier alpha value is -2.33. The lowest BCUT2D eigenvalue weighted by atomic mass is 9.98. The molecule has 0 aromatic carbocycles. The van der Waals surface area contributed by atoms with Crippen LogP contribution in [0.1, 0.15) is 98.5 Å². The van der Waals surface area contributed by atoms with Gasteiger partial charge < -0.3 is 9.80 Å². The molecular weight excluding hydrogens is 673 g/mol. The van der Waals surface area contributed by atoms with Crippen molar-refractivity contribution >= 4 is 79.4 Å². The van der Waals surface area contributed by atoms with Gasteiger partial charge in [0.25, 0.3) is 11.8 Å². The van der Waals surface area contributed by atoms with E-state index in [-0.39, 0.29) is 11.8 Å². The lowest BCUT2D eigenvalue weighted by molar-refractivity contribution is -0.124. The second-order valence-corrected chi connectivity index (χ2v) is 16.4. The van der Waals surface area contributed by atoms with Crippen molar-refractivity contribution in [2.45, 2.75) is 79.1 Å². The molecule has 2 atom stereocenters. The van der Waals surface area contributed by atoms with Crippen molar-refractivity contribution < 1.29 is 14.4 Å². The molecule has 2 aliphatic heterocycles. The molecule has 0 saturated carbocycles. The molecule has 2 unspecified atom stereocenters. The Bertz CT molecular complexity index is 1580. The van der Waals surface area contributed by atoms with Crippen molar-refractivity contribution in [1.82, 2.24) is 9.80 Å². The van der Waals surface area contributed by atoms with Crippen molar-refractivity contribution in [3.63, 3.8) is 0 Å². The van der Waals surface area contributed by atoms with E-state index in [0.29, 0.717) is 40.9 Å². The van der Waals surface area contributed by atoms with E-state index in [1.807, 2.05) is 40.1 Å². The highest BCUT2D eigenvalue weighted by atomic mass is 79.9. The van der Waals surface area contributed by atoms with Crippen LogP contribution in [0.5, 0.6) is 0 Å². The molecular formula is C35H41BrN2O3S3. The minimum atomic E-state index is -0.0590. The smallest absolute Gasteiger partial charge is 0.261 e. The van der Waals surface area contributed by atoms with Crippen molar-refractivity contribution in [3.05, 3.63) is 66.0 Å². The summed E-state index contributed by atoms with van der Waals surface area (Å²) in [5.74, 6) is 0.599. The van der Waals surface area contributed by atoms with Crippen LogP contribution in [-0.4, -0.2) is 41.0 Å². The Labute approximate surface area is 281 Å². The van der Waals surface area contributed by atoms with Crippen LogP contribution in [0, 0.1) is 11.8 Å². The van der Waals surface area contributed by atoms with E-state index >= 15 is 0 Å². The van der Waals surface area contributed by atoms with E-state index in [1.54, 1.807) is 22.7 Å². The molecule has 5 rings (SSSR count). The lowest BCUT2D eigenvalue weighted by Gasteiger charge is -2.29. The third-order valence-electron chi connectivity index (χ3n) is 8.78. The normalized spacial score (nSPS) is 16.5. The second-order valence-electron chi connectivity index (χ2n) is 11.7. The van der Waals surface area contributed by atoms with Gasteiger partial charge in [-0.25, -0.2) is 0 Å². The Morgan fingerprint density at radius 2 is 1.16 bits per heavy atom. The number of amides is 2. The van der Waals surface area contributed by atoms with Gasteiger partial charge in [0.05, 0.1) is 41.0 Å². The summed E-state index contributed by atoms with van der Waals surface area (Å²) in [5.41, 5.74) is 2.64. The van der Waals surface area contributed by atoms with Crippen molar-refractivity contribution in [1.29, 1.82) is 0 Å². The monoisotopic (exact) mass is 712 g/mol. The minimum absolute atomic E-state index is 0.0590. The molecule has 0 fully saturated rings. The van der Waals surface area contributed by atoms with Gasteiger partial charge in [-0.2, -0.15) is 0 Å². The van der Waals surface area contributed by atoms with Gasteiger partial charge in [0.15, 0.2) is 6.29 Å². The van der Waals surface area contributed by atoms with Gasteiger partial charge in [0.1, 0.15) is 0 Å². The molecule has 9 heteroatoms. The molecule has 5 nitrogen and oxygen atoms in total. The molecule has 0 N–H and O–H groups in total. The molecule has 0 spiro atoms. The van der Waals surface area contributed by atoms with E-state index in [2.05, 4.69) is 49.7 Å². The SMILES string of the molecule is CCCCC(CC)CN1C(=O)C2=C(c3ccc(-c4ccc(C=O)s4)s3)N(CC(CC)CCCC)C(=O)C2=C1c1ccc(Br)s1. The molecule has 0 bridgehead atoms. The molecule has 2 aliphatic rings. The van der Waals surface area contributed by atoms with Crippen LogP contribution >= 0.6 is 49.9 Å². The summed E-state index contributed by atoms with van der Waals surface area (Å²) in [6.45, 7) is 10.0. The largest absolute Gasteiger partial charge is 0.306 e. The molecule has 0 radical (unpaired) electrons. The molecule has 0 aliphatic carbocycles. The standard InChI is InChI=1S/C35H41BrN2O3S3/c1-5-9-11-22(7-3)19-37-32(27-16-15-26(43-27)25-14-13-24(21-39)42-25)30-31(35(37)41)33(28-17-18-29(36)44-28)38(34(30)40)20-23(8-4)12-10-6-2/h13-18,21-23H,5-12,19-20H2,1-4H3. The van der Waals surface area contributed by atoms with E-state index in [1.165, 1.54) is 11.3 Å². The fourth-order valence-corrected chi connectivity index (χ4v) is 9.62. The first-order chi connectivity index (χ1) is 21.3. The minimum Gasteiger partial charge on any atom is -0.306 e. The Morgan fingerprint density at radius 3 is 1.61 bits per heavy atom. The Morgan fingerprint density at radius 1 is 0.682 bits per heavy atom. The summed E-state index contributed by atoms with van der Waals surface area (Å²) in [7, 11) is 0. The average molecular weight is 714 g/mol. The fourth-order valence-electron chi connectivity index (χ4n) is 6.20. The van der Waals surface area contributed by atoms with Gasteiger partial charge in [-0.1, -0.05) is 66.2 Å². The summed E-state index contributed by atoms with van der Waals surface area (Å²) in [5, 5.41) is 0. The number of nitrogens with zero attached hydrogens (tertiary/aromatic N) is 2. The maximum Gasteiger partial charge on any atom is 0.261 e. The van der Waals surface area contributed by atoms with E-state index in [0.717, 1.165) is 92.3 Å². The first kappa shape index (κ1) is 33.0. The maximum absolute atomic E-state index is 14.6. The van der Waals surface area contributed by atoms with Crippen LogP contribution in [0.2, 0.25) is 0 Å². The number of hydrogen-bond acceptors (Lipinski definition) is 6. The molecule has 3 aromatic rings. The summed E-state index contributed by atoms with van der Waals surface area (Å²) in [6, 6.07) is 11.9. The predicted octanol–water partition coefficient (Wildman–Crippen LogP) is 10.4. The zero-order valence-electron chi connectivity index (χ0n) is 26.0. The van der Waals surface area contributed by atoms with Crippen LogP contribution in [0.4, 0.5) is 0 Å². The van der Waals surface area contributed by atoms with Crippen molar-refractivity contribution in [2.75, 3.05) is 13.1 Å². The number of rotatable bonds is 16. The zero-order valence-corrected chi connectivity index (χ0v) is 30.0. The number of aldehydes is 1. The molecule has 0 saturated heterocycles. The lowest BCUT2D eigenvalue weighted by Crippen LogP contribution is -2.34. The first-order valence-corrected chi connectivity index (χ1v) is 19.1. The number of halogens is 1. The topological polar surface area (TPSA) is 57.7 Å². The summed E-state index contributed by atoms with van der Waals surface area (Å²) < 4.78 is 0.977. The van der Waals surface area contributed by atoms with Crippen molar-refractivity contribution in [2.24, 2.45) is 11.8 Å². The summed E-state index contributed by atoms with van der Waals surface area (Å²) >= 11 is 8.25. The Kier molecular flexibility index (Phi) is 11.1. The second kappa shape index (κ2) is 14.8. The van der Waals surface area contributed by atoms with Crippen LogP contribution in [0.15, 0.2) is 51.3 Å². The fraction of sp³-hybridized carbons (Fsp3) is 0.457. The highest BCUT2D eigenvalue weighted by Gasteiger charge is 2.50. The average Bonchev–Trinajstić information content (AvgIpc) is 3.86. The van der Waals surface area contributed by atoms with Gasteiger partial charge in [0.2, 0.25) is 0 Å². The van der Waals surface area contributed by atoms with Gasteiger partial charge in [-0.05, 0) is 77.0 Å². The highest BCUT2D eigenvalue weighted by molar-refractivity contribution is 9.11. The number of unbranched alkanes of at least 4 members (excludes halogenated alkanes) is 2. The Balaban J connectivity index is 1.66. The molecule has 2 amide bonds. The van der Waals surface area contributed by atoms with Crippen LogP contribution in [-0.2, 0) is 9.59 Å². The van der Waals surface area contributed by atoms with Gasteiger partial charge in [-0.3, -0.25) is 14.4 Å². The molecule has 44 heavy (non-hydrogen) atoms. The van der Waals surface area contributed by atoms with Crippen molar-refractivity contribution in [3.8, 4) is 9.75 Å². The highest BCUT2D eigenvalue weighted by Crippen LogP contribution is 2.50. The number of hydrogen-bond donors (Lipinski definition) is 0. The number of fused-ring (bicyclic) bond motifs is 1. The first-order valence-electron chi connectivity index (χ1n) is 15.9. The van der Waals surface area contributed by atoms with Gasteiger partial charge in [0, 0.05) is 22.8 Å². The predicted molar refractivity (Wildman–Crippen MR) is 189 cm³/mol. The van der Waals surface area contributed by atoms with Gasteiger partial charge >= 0.3 is 0 Å². The number of carbonyl (C=O) groups excluding carboxylic acids is 3. The summed E-state index contributed by atoms with van der Waals surface area (Å²) in [6.07, 6.45) is 9.44. The van der Waals surface area contributed by atoms with Gasteiger partial charge in [-0.15, -0.1) is 34.0 Å². The zero-order chi connectivity index (χ0) is 31.4. The molecule has 5 heterocycles. The summed E-state index contributed by atoms with van der Waals surface area (Å²) in [4.78, 5) is 49.1.